The summed E-state index contributed by atoms with van der Waals surface area (Å²) in [6.45, 7) is 4.27. The van der Waals surface area contributed by atoms with Gasteiger partial charge in [0.25, 0.3) is 0 Å². The van der Waals surface area contributed by atoms with Crippen molar-refractivity contribution in [1.82, 2.24) is 0 Å². The van der Waals surface area contributed by atoms with Gasteiger partial charge in [0, 0.05) is 11.5 Å². The molecule has 0 aromatic rings. The molecule has 0 saturated carbocycles. The molecule has 0 N–H and O–H groups in total. The number of hydrogen-bond acceptors (Lipinski definition) is 1. The maximum Gasteiger partial charge on any atom is 0.146 e. The van der Waals surface area contributed by atoms with Gasteiger partial charge in [-0.25, -0.2) is 0 Å². The van der Waals surface area contributed by atoms with Crippen molar-refractivity contribution >= 4 is 22.1 Å². The van der Waals surface area contributed by atoms with Crippen molar-refractivity contribution in [3.8, 4) is 0 Å². The fourth-order valence-corrected chi connectivity index (χ4v) is 1.14. The van der Waals surface area contributed by atoms with Crippen LogP contribution in [0.4, 0.5) is 0 Å². The summed E-state index contributed by atoms with van der Waals surface area (Å²) in [5, 5.41) is 0. The van der Waals surface area contributed by atoms with E-state index in [9.17, 15) is 0 Å². The molecule has 10 heavy (non-hydrogen) atoms. The molecule has 0 aliphatic rings. The summed E-state index contributed by atoms with van der Waals surface area (Å²) in [6.07, 6.45) is 3.41. The normalized spacial score (nSPS) is 12.3. The van der Waals surface area contributed by atoms with Gasteiger partial charge in [-0.3, -0.25) is 0 Å². The average Bonchev–Trinajstić information content (AvgIpc) is 1.89. The lowest BCUT2D eigenvalue weighted by Gasteiger charge is -2.23. The third-order valence-corrected chi connectivity index (χ3v) is 3.09. The molecule has 0 atom stereocenters. The van der Waals surface area contributed by atoms with Gasteiger partial charge >= 0.3 is 0 Å². The highest BCUT2D eigenvalue weighted by atomic mass is 35.5. The highest BCUT2D eigenvalue weighted by Gasteiger charge is 2.13. The van der Waals surface area contributed by atoms with E-state index in [2.05, 4.69) is 13.8 Å². The summed E-state index contributed by atoms with van der Waals surface area (Å²) in [7, 11) is 0.833. The topological polar surface area (TPSA) is 9.23 Å². The van der Waals surface area contributed by atoms with Gasteiger partial charge in [-0.15, -0.1) is 11.6 Å². The van der Waals surface area contributed by atoms with Crippen LogP contribution in [0.1, 0.15) is 33.1 Å². The van der Waals surface area contributed by atoms with Crippen LogP contribution >= 0.6 is 11.6 Å². The first-order chi connectivity index (χ1) is 4.62. The maximum absolute atomic E-state index is 5.54. The Morgan fingerprint density at radius 1 is 1.40 bits per heavy atom. The zero-order valence-electron chi connectivity index (χ0n) is 7.11. The second kappa shape index (κ2) is 5.16. The molecular weight excluding hydrogens is 164 g/mol. The second-order valence-electron chi connectivity index (χ2n) is 3.11. The molecule has 0 heterocycles. The van der Waals surface area contributed by atoms with E-state index in [1.54, 1.807) is 0 Å². The van der Waals surface area contributed by atoms with E-state index in [1.807, 2.05) is 0 Å². The molecule has 0 rings (SSSR count). The van der Waals surface area contributed by atoms with Gasteiger partial charge in [0.05, 0.1) is 0 Å². The Kier molecular flexibility index (Phi) is 5.40. The predicted octanol–water partition coefficient (Wildman–Crippen LogP) is 1.47. The van der Waals surface area contributed by atoms with Crippen LogP contribution in [-0.4, -0.2) is 22.0 Å². The summed E-state index contributed by atoms with van der Waals surface area (Å²) in [4.78, 5) is 0. The molecule has 0 fully saturated rings. The lowest BCUT2D eigenvalue weighted by Crippen LogP contribution is -2.22. The first-order valence-corrected chi connectivity index (χ1v) is 5.08. The highest BCUT2D eigenvalue weighted by Crippen LogP contribution is 2.16. The predicted molar refractivity (Wildman–Crippen MR) is 49.7 cm³/mol. The fraction of sp³-hybridized carbons (Fsp3) is 1.00. The summed E-state index contributed by atoms with van der Waals surface area (Å²) in [6, 6.07) is 0. The maximum atomic E-state index is 5.54. The van der Waals surface area contributed by atoms with Gasteiger partial charge in [-0.2, -0.15) is 0 Å². The van der Waals surface area contributed by atoms with Crippen molar-refractivity contribution in [2.75, 3.05) is 5.88 Å². The van der Waals surface area contributed by atoms with Crippen molar-refractivity contribution in [2.45, 2.75) is 38.7 Å². The third-order valence-electron chi connectivity index (χ3n) is 1.72. The molecule has 0 amide bonds. The zero-order valence-corrected chi connectivity index (χ0v) is 9.87. The standard InChI is InChI=1S/C7H17ClOSi/c1-7(2,9-10)5-3-4-6-8/h3-6H2,1-2,10H3. The van der Waals surface area contributed by atoms with E-state index in [-0.39, 0.29) is 5.60 Å². The average molecular weight is 181 g/mol. The van der Waals surface area contributed by atoms with Gasteiger partial charge in [0.2, 0.25) is 0 Å². The summed E-state index contributed by atoms with van der Waals surface area (Å²) in [5.74, 6) is 0.775. The Morgan fingerprint density at radius 2 is 2.00 bits per heavy atom. The SMILES string of the molecule is CC(C)(CCCCCl)O[SiH3]. The molecule has 0 aromatic carbocycles. The third kappa shape index (κ3) is 5.27. The van der Waals surface area contributed by atoms with E-state index >= 15 is 0 Å². The van der Waals surface area contributed by atoms with Gasteiger partial charge in [-0.1, -0.05) is 0 Å². The number of halogens is 1. The van der Waals surface area contributed by atoms with E-state index in [0.29, 0.717) is 0 Å². The molecule has 0 aromatic heterocycles. The van der Waals surface area contributed by atoms with Crippen LogP contribution in [0.25, 0.3) is 0 Å². The van der Waals surface area contributed by atoms with Crippen molar-refractivity contribution in [2.24, 2.45) is 0 Å². The van der Waals surface area contributed by atoms with Crippen LogP contribution in [0, 0.1) is 0 Å². The summed E-state index contributed by atoms with van der Waals surface area (Å²) >= 11 is 5.54. The van der Waals surface area contributed by atoms with Crippen LogP contribution in [0.2, 0.25) is 0 Å². The Labute approximate surface area is 71.6 Å². The molecule has 0 aliphatic heterocycles. The largest absolute Gasteiger partial charge is 0.423 e. The summed E-state index contributed by atoms with van der Waals surface area (Å²) < 4.78 is 5.38. The molecule has 0 unspecified atom stereocenters. The van der Waals surface area contributed by atoms with Crippen molar-refractivity contribution in [3.05, 3.63) is 0 Å². The first-order valence-electron chi connectivity index (χ1n) is 3.73. The molecule has 3 heteroatoms. The van der Waals surface area contributed by atoms with Gasteiger partial charge in [0.1, 0.15) is 10.5 Å². The molecule has 0 radical (unpaired) electrons. The quantitative estimate of drug-likeness (QED) is 0.354. The van der Waals surface area contributed by atoms with Crippen LogP contribution in [0.15, 0.2) is 0 Å². The smallest absolute Gasteiger partial charge is 0.146 e. The van der Waals surface area contributed by atoms with E-state index in [1.165, 1.54) is 6.42 Å². The number of alkyl halides is 1. The second-order valence-corrected chi connectivity index (χ2v) is 3.90. The van der Waals surface area contributed by atoms with Crippen molar-refractivity contribution in [3.63, 3.8) is 0 Å². The molecule has 62 valence electrons. The lowest BCUT2D eigenvalue weighted by atomic mass is 10.0. The lowest BCUT2D eigenvalue weighted by molar-refractivity contribution is 0.110. The van der Waals surface area contributed by atoms with Gasteiger partial charge in [0.15, 0.2) is 0 Å². The number of unbranched alkanes of at least 4 members (excludes halogenated alkanes) is 1. The molecule has 1 nitrogen and oxygen atoms in total. The van der Waals surface area contributed by atoms with E-state index in [0.717, 1.165) is 29.2 Å². The van der Waals surface area contributed by atoms with Gasteiger partial charge < -0.3 is 4.43 Å². The van der Waals surface area contributed by atoms with E-state index < -0.39 is 0 Å². The van der Waals surface area contributed by atoms with Crippen LogP contribution in [-0.2, 0) is 4.43 Å². The molecule has 0 bridgehead atoms. The molecule has 0 spiro atoms. The first kappa shape index (κ1) is 10.5. The zero-order chi connectivity index (χ0) is 8.04. The molecule has 0 saturated heterocycles. The number of rotatable bonds is 5. The Hall–Kier alpha value is 0.467. The Bertz CT molecular complexity index is 85.7. The summed E-state index contributed by atoms with van der Waals surface area (Å²) in [5.41, 5.74) is 0.0955. The molecule has 0 aliphatic carbocycles. The highest BCUT2D eigenvalue weighted by molar-refractivity contribution is 6.17. The van der Waals surface area contributed by atoms with Gasteiger partial charge in [-0.05, 0) is 33.1 Å². The minimum atomic E-state index is 0.0955. The minimum absolute atomic E-state index is 0.0955. The van der Waals surface area contributed by atoms with Crippen LogP contribution in [0.3, 0.4) is 0 Å². The minimum Gasteiger partial charge on any atom is -0.423 e. The number of hydrogen-bond donors (Lipinski definition) is 0. The van der Waals surface area contributed by atoms with Crippen LogP contribution < -0.4 is 0 Å². The molecular formula is C7H17ClOSi. The van der Waals surface area contributed by atoms with Crippen LogP contribution in [0.5, 0.6) is 0 Å². The Balaban J connectivity index is 3.28. The monoisotopic (exact) mass is 180 g/mol. The van der Waals surface area contributed by atoms with E-state index in [4.69, 9.17) is 16.0 Å². The Morgan fingerprint density at radius 3 is 2.40 bits per heavy atom. The fourth-order valence-electron chi connectivity index (χ4n) is 0.747. The van der Waals surface area contributed by atoms with Crippen molar-refractivity contribution < 1.29 is 4.43 Å². The van der Waals surface area contributed by atoms with Crippen molar-refractivity contribution in [1.29, 1.82) is 0 Å².